The van der Waals surface area contributed by atoms with Gasteiger partial charge in [0.1, 0.15) is 18.1 Å². The van der Waals surface area contributed by atoms with Gasteiger partial charge in [-0.15, -0.1) is 0 Å². The Hall–Kier alpha value is -1.22. The molecule has 1 aliphatic rings. The predicted molar refractivity (Wildman–Crippen MR) is 73.3 cm³/mol. The Kier molecular flexibility index (Phi) is 4.48. The first-order chi connectivity index (χ1) is 8.74. The second-order valence-corrected chi connectivity index (χ2v) is 5.06. The van der Waals surface area contributed by atoms with Gasteiger partial charge in [0, 0.05) is 11.6 Å². The van der Waals surface area contributed by atoms with Crippen LogP contribution < -0.4 is 14.8 Å². The van der Waals surface area contributed by atoms with Crippen molar-refractivity contribution in [2.75, 3.05) is 20.3 Å². The smallest absolute Gasteiger partial charge is 0.127 e. The van der Waals surface area contributed by atoms with Crippen molar-refractivity contribution in [3.63, 3.8) is 0 Å². The molecule has 1 N–H and O–H groups in total. The molecular weight excluding hydrogens is 226 g/mol. The summed E-state index contributed by atoms with van der Waals surface area (Å²) in [6.45, 7) is 5.92. The molecule has 2 atom stereocenters. The van der Waals surface area contributed by atoms with Gasteiger partial charge in [0.2, 0.25) is 0 Å². The first-order valence-corrected chi connectivity index (χ1v) is 6.81. The minimum Gasteiger partial charge on any atom is -0.493 e. The molecule has 0 bridgehead atoms. The number of hydrogen-bond acceptors (Lipinski definition) is 3. The van der Waals surface area contributed by atoms with E-state index in [2.05, 4.69) is 25.2 Å². The number of likely N-dealkylation sites (N-methyl/N-ethyl adjacent to an activating group) is 1. The second kappa shape index (κ2) is 6.10. The average Bonchev–Trinajstić information content (AvgIpc) is 2.79. The fourth-order valence-electron chi connectivity index (χ4n) is 2.33. The van der Waals surface area contributed by atoms with Crippen LogP contribution in [0.3, 0.4) is 0 Å². The Labute approximate surface area is 109 Å². The van der Waals surface area contributed by atoms with Crippen LogP contribution in [0.5, 0.6) is 11.5 Å². The molecule has 2 rings (SSSR count). The molecule has 2 unspecified atom stereocenters. The van der Waals surface area contributed by atoms with E-state index in [-0.39, 0.29) is 0 Å². The zero-order chi connectivity index (χ0) is 13.0. The first kappa shape index (κ1) is 13.2. The molecule has 1 heterocycles. The number of nitrogens with one attached hydrogen (secondary N) is 1. The Bertz CT molecular complexity index is 392. The number of rotatable bonds is 6. The van der Waals surface area contributed by atoms with E-state index in [0.29, 0.717) is 18.6 Å². The summed E-state index contributed by atoms with van der Waals surface area (Å²) >= 11 is 0. The monoisotopic (exact) mass is 249 g/mol. The summed E-state index contributed by atoms with van der Waals surface area (Å²) in [5.41, 5.74) is 1.23. The largest absolute Gasteiger partial charge is 0.493 e. The zero-order valence-electron chi connectivity index (χ0n) is 11.5. The van der Waals surface area contributed by atoms with Crippen LogP contribution in [0.1, 0.15) is 38.3 Å². The van der Waals surface area contributed by atoms with E-state index in [0.717, 1.165) is 18.1 Å². The number of fused-ring (bicyclic) bond motifs is 1. The lowest BCUT2D eigenvalue weighted by Crippen LogP contribution is -2.17. The highest BCUT2D eigenvalue weighted by molar-refractivity contribution is 5.44. The van der Waals surface area contributed by atoms with Gasteiger partial charge in [-0.1, -0.05) is 20.3 Å². The molecule has 18 heavy (non-hydrogen) atoms. The van der Waals surface area contributed by atoms with Crippen LogP contribution in [0, 0.1) is 5.92 Å². The Morgan fingerprint density at radius 3 is 3.06 bits per heavy atom. The molecule has 3 heteroatoms. The molecule has 0 spiro atoms. The van der Waals surface area contributed by atoms with E-state index in [1.165, 1.54) is 18.4 Å². The van der Waals surface area contributed by atoms with Gasteiger partial charge in [-0.3, -0.25) is 0 Å². The third-order valence-corrected chi connectivity index (χ3v) is 3.43. The minimum atomic E-state index is 0.313. The maximum atomic E-state index is 5.81. The summed E-state index contributed by atoms with van der Waals surface area (Å²) in [6, 6.07) is 6.46. The molecule has 3 nitrogen and oxygen atoms in total. The molecule has 1 aromatic carbocycles. The van der Waals surface area contributed by atoms with E-state index in [1.807, 2.05) is 19.2 Å². The van der Waals surface area contributed by atoms with Crippen LogP contribution >= 0.6 is 0 Å². The van der Waals surface area contributed by atoms with Gasteiger partial charge in [0.15, 0.2) is 0 Å². The van der Waals surface area contributed by atoms with E-state index < -0.39 is 0 Å². The average molecular weight is 249 g/mol. The molecule has 0 saturated carbocycles. The third kappa shape index (κ3) is 2.96. The summed E-state index contributed by atoms with van der Waals surface area (Å²) in [4.78, 5) is 0. The lowest BCUT2D eigenvalue weighted by molar-refractivity contribution is 0.250. The van der Waals surface area contributed by atoms with Crippen LogP contribution in [0.2, 0.25) is 0 Å². The summed E-state index contributed by atoms with van der Waals surface area (Å²) in [5.74, 6) is 2.47. The van der Waals surface area contributed by atoms with Crippen molar-refractivity contribution in [1.82, 2.24) is 5.32 Å². The van der Waals surface area contributed by atoms with Crippen molar-refractivity contribution >= 4 is 0 Å². The highest BCUT2D eigenvalue weighted by Gasteiger charge is 2.22. The quantitative estimate of drug-likeness (QED) is 0.840. The molecule has 1 aliphatic heterocycles. The van der Waals surface area contributed by atoms with E-state index in [9.17, 15) is 0 Å². The summed E-state index contributed by atoms with van der Waals surface area (Å²) < 4.78 is 11.5. The van der Waals surface area contributed by atoms with Crippen molar-refractivity contribution < 1.29 is 9.47 Å². The fraction of sp³-hybridized carbons (Fsp3) is 0.600. The number of hydrogen-bond donors (Lipinski definition) is 1. The number of benzene rings is 1. The Morgan fingerprint density at radius 2 is 2.33 bits per heavy atom. The van der Waals surface area contributed by atoms with Crippen molar-refractivity contribution in [2.24, 2.45) is 5.92 Å². The topological polar surface area (TPSA) is 30.5 Å². The van der Waals surface area contributed by atoms with Crippen molar-refractivity contribution in [1.29, 1.82) is 0 Å². The molecule has 1 aromatic rings. The zero-order valence-corrected chi connectivity index (χ0v) is 11.5. The van der Waals surface area contributed by atoms with E-state index >= 15 is 0 Å². The van der Waals surface area contributed by atoms with Gasteiger partial charge >= 0.3 is 0 Å². The summed E-state index contributed by atoms with van der Waals surface area (Å²) in [6.07, 6.45) is 2.42. The summed E-state index contributed by atoms with van der Waals surface area (Å²) in [7, 11) is 1.96. The molecule has 100 valence electrons. The fourth-order valence-corrected chi connectivity index (χ4v) is 2.33. The molecule has 0 saturated heterocycles. The third-order valence-electron chi connectivity index (χ3n) is 3.43. The Morgan fingerprint density at radius 1 is 1.50 bits per heavy atom. The van der Waals surface area contributed by atoms with Crippen molar-refractivity contribution in [3.05, 3.63) is 23.8 Å². The molecular formula is C15H23NO2. The lowest BCUT2D eigenvalue weighted by atomic mass is 10.1. The van der Waals surface area contributed by atoms with Gasteiger partial charge in [0.25, 0.3) is 0 Å². The van der Waals surface area contributed by atoms with Crippen LogP contribution in [0.4, 0.5) is 0 Å². The highest BCUT2D eigenvalue weighted by Crippen LogP contribution is 2.35. The maximum absolute atomic E-state index is 5.81. The normalized spacial score (nSPS) is 19.2. The lowest BCUT2D eigenvalue weighted by Gasteiger charge is -2.13. The van der Waals surface area contributed by atoms with Crippen LogP contribution in [-0.4, -0.2) is 20.3 Å². The van der Waals surface area contributed by atoms with Crippen LogP contribution in [0.25, 0.3) is 0 Å². The van der Waals surface area contributed by atoms with E-state index in [4.69, 9.17) is 9.47 Å². The molecule has 0 radical (unpaired) electrons. The molecule has 0 aliphatic carbocycles. The van der Waals surface area contributed by atoms with Gasteiger partial charge in [0.05, 0.1) is 12.6 Å². The van der Waals surface area contributed by atoms with Gasteiger partial charge in [-0.25, -0.2) is 0 Å². The molecule has 0 aromatic heterocycles. The van der Waals surface area contributed by atoms with Crippen molar-refractivity contribution in [2.45, 2.75) is 32.7 Å². The first-order valence-electron chi connectivity index (χ1n) is 6.81. The minimum absolute atomic E-state index is 0.313. The van der Waals surface area contributed by atoms with Crippen molar-refractivity contribution in [3.8, 4) is 11.5 Å². The Balaban J connectivity index is 1.96. The SMILES string of the molecule is CCCC(C)COc1ccc2c(c1)OCC2NC. The molecule has 0 amide bonds. The molecule has 0 fully saturated rings. The number of ether oxygens (including phenoxy) is 2. The standard InChI is InChI=1S/C15H23NO2/c1-4-5-11(2)9-17-12-6-7-13-14(16-3)10-18-15(13)8-12/h6-8,11,14,16H,4-5,9-10H2,1-3H3. The predicted octanol–water partition coefficient (Wildman–Crippen LogP) is 3.15. The van der Waals surface area contributed by atoms with Gasteiger partial charge in [-0.05, 0) is 31.5 Å². The van der Waals surface area contributed by atoms with Crippen LogP contribution in [0.15, 0.2) is 18.2 Å². The maximum Gasteiger partial charge on any atom is 0.127 e. The summed E-state index contributed by atoms with van der Waals surface area (Å²) in [5, 5.41) is 3.24. The second-order valence-electron chi connectivity index (χ2n) is 5.06. The van der Waals surface area contributed by atoms with Gasteiger partial charge in [-0.2, -0.15) is 0 Å². The highest BCUT2D eigenvalue weighted by atomic mass is 16.5. The van der Waals surface area contributed by atoms with Gasteiger partial charge < -0.3 is 14.8 Å². The van der Waals surface area contributed by atoms with Crippen LogP contribution in [-0.2, 0) is 0 Å². The van der Waals surface area contributed by atoms with E-state index in [1.54, 1.807) is 0 Å².